The lowest BCUT2D eigenvalue weighted by Gasteiger charge is -2.16. The summed E-state index contributed by atoms with van der Waals surface area (Å²) in [6, 6.07) is 8.50. The number of halogens is 1. The minimum Gasteiger partial charge on any atom is -0.313 e. The summed E-state index contributed by atoms with van der Waals surface area (Å²) in [4.78, 5) is 4.67. The molecule has 0 spiro atoms. The maximum Gasteiger partial charge on any atom is 0.194 e. The number of benzene rings is 1. The van der Waals surface area contributed by atoms with Crippen LogP contribution in [0.3, 0.4) is 0 Å². The Hall–Kier alpha value is -1.85. The molecule has 0 aliphatic carbocycles. The van der Waals surface area contributed by atoms with Crippen molar-refractivity contribution in [2.75, 3.05) is 6.54 Å². The van der Waals surface area contributed by atoms with E-state index >= 15 is 0 Å². The summed E-state index contributed by atoms with van der Waals surface area (Å²) in [5, 5.41) is 12.1. The first-order valence-electron chi connectivity index (χ1n) is 14.8. The largest absolute Gasteiger partial charge is 0.313 e. The van der Waals surface area contributed by atoms with E-state index in [0.717, 1.165) is 24.3 Å². The number of aromatic nitrogens is 4. The second-order valence-electron chi connectivity index (χ2n) is 11.7. The molecule has 0 bridgehead atoms. The molecule has 2 heterocycles. The van der Waals surface area contributed by atoms with Gasteiger partial charge >= 0.3 is 0 Å². The quantitative estimate of drug-likeness (QED) is 0.162. The highest BCUT2D eigenvalue weighted by Crippen LogP contribution is 2.31. The summed E-state index contributed by atoms with van der Waals surface area (Å²) >= 11 is 6.56. The third kappa shape index (κ3) is 9.76. The second kappa shape index (κ2) is 15.5. The maximum atomic E-state index is 6.56. The number of nitrogens with zero attached hydrogens (tertiary/aromatic N) is 3. The van der Waals surface area contributed by atoms with Crippen LogP contribution in [-0.2, 0) is 12.0 Å². The molecule has 0 unspecified atom stereocenters. The number of nitrogens with one attached hydrogen (secondary N) is 2. The molecule has 6 heteroatoms. The monoisotopic (exact) mass is 527 g/mol. The Balaban J connectivity index is 1.24. The van der Waals surface area contributed by atoms with Crippen molar-refractivity contribution in [3.63, 3.8) is 0 Å². The summed E-state index contributed by atoms with van der Waals surface area (Å²) < 4.78 is 1.68. The zero-order chi connectivity index (χ0) is 26.5. The molecule has 0 amide bonds. The van der Waals surface area contributed by atoms with Crippen LogP contribution in [0.15, 0.2) is 24.3 Å². The van der Waals surface area contributed by atoms with Gasteiger partial charge in [-0.15, -0.1) is 5.10 Å². The van der Waals surface area contributed by atoms with Crippen LogP contribution < -0.4 is 5.32 Å². The number of rotatable bonds is 18. The molecule has 2 N–H and O–H groups in total. The van der Waals surface area contributed by atoms with Crippen LogP contribution in [0.5, 0.6) is 0 Å². The van der Waals surface area contributed by atoms with Gasteiger partial charge in [0.25, 0.3) is 0 Å². The Labute approximate surface area is 230 Å². The molecule has 3 aromatic rings. The molecule has 37 heavy (non-hydrogen) atoms. The summed E-state index contributed by atoms with van der Waals surface area (Å²) in [5.74, 6) is 0.690. The van der Waals surface area contributed by atoms with Crippen LogP contribution in [-0.4, -0.2) is 26.4 Å². The number of H-pyrrole nitrogens is 1. The lowest BCUT2D eigenvalue weighted by atomic mass is 9.92. The predicted octanol–water partition coefficient (Wildman–Crippen LogP) is 9.25. The average molecular weight is 528 g/mol. The Bertz CT molecular complexity index is 1030. The fourth-order valence-corrected chi connectivity index (χ4v) is 5.32. The molecule has 5 nitrogen and oxygen atoms in total. The van der Waals surface area contributed by atoms with Crippen LogP contribution in [0.25, 0.3) is 17.0 Å². The van der Waals surface area contributed by atoms with Gasteiger partial charge in [0.05, 0.1) is 5.69 Å². The van der Waals surface area contributed by atoms with E-state index < -0.39 is 0 Å². The summed E-state index contributed by atoms with van der Waals surface area (Å²) in [6.45, 7) is 10.6. The van der Waals surface area contributed by atoms with E-state index in [1.54, 1.807) is 4.63 Å². The molecule has 206 valence electrons. The van der Waals surface area contributed by atoms with Crippen molar-refractivity contribution in [1.82, 2.24) is 25.1 Å². The molecular formula is C31H50ClN5. The van der Waals surface area contributed by atoms with E-state index in [9.17, 15) is 0 Å². The van der Waals surface area contributed by atoms with Gasteiger partial charge in [-0.05, 0) is 18.5 Å². The number of hydrogen-bond donors (Lipinski definition) is 2. The highest BCUT2D eigenvalue weighted by Gasteiger charge is 2.24. The van der Waals surface area contributed by atoms with Gasteiger partial charge in [0.15, 0.2) is 11.5 Å². The molecule has 0 radical (unpaired) electrons. The van der Waals surface area contributed by atoms with Crippen LogP contribution in [0.2, 0.25) is 5.02 Å². The van der Waals surface area contributed by atoms with Crippen LogP contribution in [0, 0.1) is 0 Å². The second-order valence-corrected chi connectivity index (χ2v) is 12.1. The van der Waals surface area contributed by atoms with Crippen molar-refractivity contribution in [3.05, 3.63) is 40.5 Å². The van der Waals surface area contributed by atoms with Crippen molar-refractivity contribution in [3.8, 4) is 11.4 Å². The Kier molecular flexibility index (Phi) is 12.5. The molecule has 0 fully saturated rings. The zero-order valence-corrected chi connectivity index (χ0v) is 24.6. The first-order valence-corrected chi connectivity index (χ1v) is 15.2. The Morgan fingerprint density at radius 1 is 0.811 bits per heavy atom. The van der Waals surface area contributed by atoms with Gasteiger partial charge in [-0.25, -0.2) is 4.98 Å². The van der Waals surface area contributed by atoms with E-state index in [1.165, 1.54) is 95.5 Å². The Morgan fingerprint density at radius 2 is 1.35 bits per heavy atom. The standard InChI is InChI=1S/C31H50ClN5/c1-5-6-7-8-9-10-11-12-13-14-15-16-17-18-23-33-24-25-19-21-26(22-20-25)29-34-30-27(32)28(31(2,3)4)35-37(30)36-29/h19-22,33,35H,5-18,23-24H2,1-4H3. The summed E-state index contributed by atoms with van der Waals surface area (Å²) in [7, 11) is 0. The van der Waals surface area contributed by atoms with Gasteiger partial charge in [-0.3, -0.25) is 5.10 Å². The third-order valence-electron chi connectivity index (χ3n) is 7.24. The summed E-state index contributed by atoms with van der Waals surface area (Å²) in [6.07, 6.45) is 19.6. The van der Waals surface area contributed by atoms with Gasteiger partial charge in [-0.1, -0.05) is 147 Å². The van der Waals surface area contributed by atoms with Gasteiger partial charge in [0.2, 0.25) is 0 Å². The number of hydrogen-bond acceptors (Lipinski definition) is 3. The molecular weight excluding hydrogens is 478 g/mol. The average Bonchev–Trinajstić information content (AvgIpc) is 3.43. The van der Waals surface area contributed by atoms with Gasteiger partial charge in [0, 0.05) is 17.5 Å². The fourth-order valence-electron chi connectivity index (χ4n) is 4.87. The van der Waals surface area contributed by atoms with E-state index in [0.29, 0.717) is 16.5 Å². The Morgan fingerprint density at radius 3 is 1.86 bits per heavy atom. The normalized spacial score (nSPS) is 12.1. The first-order chi connectivity index (χ1) is 17.9. The summed E-state index contributed by atoms with van der Waals surface area (Å²) in [5.41, 5.74) is 3.84. The van der Waals surface area contributed by atoms with E-state index in [-0.39, 0.29) is 5.41 Å². The molecule has 3 rings (SSSR count). The lowest BCUT2D eigenvalue weighted by Crippen LogP contribution is -2.14. The van der Waals surface area contributed by atoms with Crippen molar-refractivity contribution in [2.45, 2.75) is 130 Å². The van der Waals surface area contributed by atoms with Crippen molar-refractivity contribution >= 4 is 17.2 Å². The highest BCUT2D eigenvalue weighted by molar-refractivity contribution is 6.34. The minimum absolute atomic E-state index is 0.0824. The molecule has 2 aromatic heterocycles. The van der Waals surface area contributed by atoms with Gasteiger partial charge in [0.1, 0.15) is 5.02 Å². The molecule has 0 atom stereocenters. The number of unbranched alkanes of at least 4 members (excludes halogenated alkanes) is 13. The van der Waals surface area contributed by atoms with Gasteiger partial charge < -0.3 is 5.32 Å². The predicted molar refractivity (Wildman–Crippen MR) is 159 cm³/mol. The SMILES string of the molecule is CCCCCCCCCCCCCCCCNCc1ccc(-c2nc3c(Cl)c(C(C)(C)C)[nH]n3n2)cc1. The van der Waals surface area contributed by atoms with E-state index in [2.05, 4.69) is 72.5 Å². The number of aromatic amines is 1. The minimum atomic E-state index is -0.0824. The zero-order valence-electron chi connectivity index (χ0n) is 23.8. The topological polar surface area (TPSA) is 58.0 Å². The van der Waals surface area contributed by atoms with Crippen molar-refractivity contribution < 1.29 is 0 Å². The molecule has 1 aromatic carbocycles. The molecule has 0 saturated heterocycles. The molecule has 0 aliphatic heterocycles. The first kappa shape index (κ1) is 29.7. The fraction of sp³-hybridized carbons (Fsp3) is 0.677. The van der Waals surface area contributed by atoms with Crippen LogP contribution in [0.4, 0.5) is 0 Å². The van der Waals surface area contributed by atoms with Gasteiger partial charge in [-0.2, -0.15) is 4.63 Å². The molecule has 0 aliphatic rings. The third-order valence-corrected chi connectivity index (χ3v) is 7.60. The van der Waals surface area contributed by atoms with E-state index in [4.69, 9.17) is 11.6 Å². The van der Waals surface area contributed by atoms with Crippen LogP contribution in [0.1, 0.15) is 129 Å². The maximum absolute atomic E-state index is 6.56. The van der Waals surface area contributed by atoms with Crippen molar-refractivity contribution in [1.29, 1.82) is 0 Å². The highest BCUT2D eigenvalue weighted by atomic mass is 35.5. The smallest absolute Gasteiger partial charge is 0.194 e. The molecule has 0 saturated carbocycles. The van der Waals surface area contributed by atoms with Crippen molar-refractivity contribution in [2.24, 2.45) is 0 Å². The van der Waals surface area contributed by atoms with E-state index in [1.807, 2.05) is 0 Å². The van der Waals surface area contributed by atoms with Crippen LogP contribution >= 0.6 is 11.6 Å². The lowest BCUT2D eigenvalue weighted by molar-refractivity contribution is 0.529. The number of fused-ring (bicyclic) bond motifs is 1.